The Morgan fingerprint density at radius 2 is 2.07 bits per heavy atom. The summed E-state index contributed by atoms with van der Waals surface area (Å²) in [5.74, 6) is 6.42. The number of hydrogen-bond donors (Lipinski definition) is 0. The van der Waals surface area contributed by atoms with Crippen LogP contribution in [0, 0.1) is 0 Å². The Morgan fingerprint density at radius 1 is 1.25 bits per heavy atom. The largest absolute Gasteiger partial charge is 0.493 e. The molecule has 0 N–H and O–H groups in total. The van der Waals surface area contributed by atoms with Crippen LogP contribution in [0.2, 0.25) is 0 Å². The van der Waals surface area contributed by atoms with Crippen molar-refractivity contribution >= 4 is 15.4 Å². The Hall–Kier alpha value is -1.79. The van der Waals surface area contributed by atoms with Gasteiger partial charge in [-0.05, 0) is 52.4 Å². The molecule has 28 heavy (non-hydrogen) atoms. The fraction of sp³-hybridized carbons (Fsp3) is 0.545. The number of benzene rings is 1. The predicted octanol–water partition coefficient (Wildman–Crippen LogP) is 2.99. The van der Waals surface area contributed by atoms with Gasteiger partial charge in [-0.3, -0.25) is 13.8 Å². The standard InChI is InChI=1S/C22H29N3O2S/c1-16(18-4-3-17-6-10-27-22(17)13-18)24-9-5-21-19(15-24)14-23-25(21)20-7-11-28(2,26)12-8-20/h3-4,13-14,16,20H,2,5-12,15H2,1H3. The van der Waals surface area contributed by atoms with Crippen LogP contribution in [-0.2, 0) is 28.9 Å². The number of nitrogens with zero attached hydrogens (tertiary/aromatic N) is 3. The highest BCUT2D eigenvalue weighted by atomic mass is 32.2. The van der Waals surface area contributed by atoms with Crippen molar-refractivity contribution in [3.8, 4) is 5.75 Å². The highest BCUT2D eigenvalue weighted by molar-refractivity contribution is 8.00. The molecule has 0 bridgehead atoms. The van der Waals surface area contributed by atoms with Crippen molar-refractivity contribution < 1.29 is 8.95 Å². The second-order valence-corrected chi connectivity index (χ2v) is 11.3. The van der Waals surface area contributed by atoms with Gasteiger partial charge in [-0.1, -0.05) is 12.1 Å². The Morgan fingerprint density at radius 3 is 2.89 bits per heavy atom. The minimum absolute atomic E-state index is 0.358. The van der Waals surface area contributed by atoms with E-state index < -0.39 is 9.52 Å². The van der Waals surface area contributed by atoms with Crippen LogP contribution in [-0.4, -0.2) is 49.4 Å². The maximum Gasteiger partial charge on any atom is 0.122 e. The third-order valence-corrected chi connectivity index (χ3v) is 8.70. The number of ether oxygens (including phenoxy) is 1. The van der Waals surface area contributed by atoms with Crippen LogP contribution in [0.4, 0.5) is 0 Å². The fourth-order valence-corrected chi connectivity index (χ4v) is 6.48. The normalized spacial score (nSPS) is 28.4. The Kier molecular flexibility index (Phi) is 4.51. The van der Waals surface area contributed by atoms with Gasteiger partial charge in [0.2, 0.25) is 0 Å². The van der Waals surface area contributed by atoms with Gasteiger partial charge in [0.05, 0.1) is 18.8 Å². The predicted molar refractivity (Wildman–Crippen MR) is 114 cm³/mol. The Labute approximate surface area is 167 Å². The van der Waals surface area contributed by atoms with Crippen molar-refractivity contribution in [3.63, 3.8) is 0 Å². The lowest BCUT2D eigenvalue weighted by atomic mass is 10.00. The summed E-state index contributed by atoms with van der Waals surface area (Å²) >= 11 is 0. The number of fused-ring (bicyclic) bond motifs is 2. The summed E-state index contributed by atoms with van der Waals surface area (Å²) in [6, 6.07) is 7.46. The van der Waals surface area contributed by atoms with E-state index in [4.69, 9.17) is 9.84 Å². The molecule has 0 amide bonds. The molecule has 5 rings (SSSR count). The van der Waals surface area contributed by atoms with Crippen LogP contribution in [0.25, 0.3) is 0 Å². The minimum Gasteiger partial charge on any atom is -0.493 e. The molecule has 0 aliphatic carbocycles. The van der Waals surface area contributed by atoms with Gasteiger partial charge in [0.1, 0.15) is 5.75 Å². The summed E-state index contributed by atoms with van der Waals surface area (Å²) in [6.45, 7) is 5.07. The zero-order valence-corrected chi connectivity index (χ0v) is 17.4. The van der Waals surface area contributed by atoms with E-state index in [0.717, 1.165) is 62.6 Å². The van der Waals surface area contributed by atoms with Crippen LogP contribution in [0.1, 0.15) is 54.2 Å². The summed E-state index contributed by atoms with van der Waals surface area (Å²) in [6.07, 6.45) is 5.98. The summed E-state index contributed by atoms with van der Waals surface area (Å²) < 4.78 is 20.2. The molecule has 1 fully saturated rings. The van der Waals surface area contributed by atoms with Crippen molar-refractivity contribution in [1.82, 2.24) is 14.7 Å². The molecule has 3 aliphatic heterocycles. The van der Waals surface area contributed by atoms with Gasteiger partial charge in [0, 0.05) is 54.7 Å². The zero-order valence-electron chi connectivity index (χ0n) is 16.6. The average Bonchev–Trinajstić information content (AvgIpc) is 3.33. The first-order chi connectivity index (χ1) is 13.5. The molecular formula is C22H29N3O2S. The number of hydrogen-bond acceptors (Lipinski definition) is 4. The van der Waals surface area contributed by atoms with Gasteiger partial charge in [0.25, 0.3) is 0 Å². The highest BCUT2D eigenvalue weighted by Gasteiger charge is 2.29. The maximum absolute atomic E-state index is 12.2. The first-order valence-corrected chi connectivity index (χ1v) is 12.4. The Bertz CT molecular complexity index is 981. The average molecular weight is 400 g/mol. The summed E-state index contributed by atoms with van der Waals surface area (Å²) in [5.41, 5.74) is 5.38. The topological polar surface area (TPSA) is 47.4 Å². The summed E-state index contributed by atoms with van der Waals surface area (Å²) in [4.78, 5) is 2.54. The third-order valence-electron chi connectivity index (χ3n) is 6.74. The number of rotatable bonds is 3. The molecule has 0 radical (unpaired) electrons. The molecule has 1 unspecified atom stereocenters. The van der Waals surface area contributed by atoms with Crippen LogP contribution >= 0.6 is 0 Å². The lowest BCUT2D eigenvalue weighted by Gasteiger charge is -2.34. The third kappa shape index (κ3) is 3.26. The monoisotopic (exact) mass is 399 g/mol. The van der Waals surface area contributed by atoms with E-state index in [1.807, 2.05) is 0 Å². The van der Waals surface area contributed by atoms with E-state index >= 15 is 0 Å². The van der Waals surface area contributed by atoms with Crippen molar-refractivity contribution in [3.05, 3.63) is 46.8 Å². The lowest BCUT2D eigenvalue weighted by molar-refractivity contribution is 0.188. The first kappa shape index (κ1) is 18.3. The highest BCUT2D eigenvalue weighted by Crippen LogP contribution is 2.34. The van der Waals surface area contributed by atoms with Gasteiger partial charge in [-0.15, -0.1) is 0 Å². The lowest BCUT2D eigenvalue weighted by Crippen LogP contribution is -2.34. The summed E-state index contributed by atoms with van der Waals surface area (Å²) in [5, 5.41) is 4.74. The van der Waals surface area contributed by atoms with E-state index in [1.165, 1.54) is 22.4 Å². The van der Waals surface area contributed by atoms with Crippen molar-refractivity contribution in [2.75, 3.05) is 24.7 Å². The smallest absolute Gasteiger partial charge is 0.122 e. The van der Waals surface area contributed by atoms with Gasteiger partial charge in [-0.25, -0.2) is 0 Å². The second-order valence-electron chi connectivity index (χ2n) is 8.53. The zero-order chi connectivity index (χ0) is 19.3. The maximum atomic E-state index is 12.2. The quantitative estimate of drug-likeness (QED) is 0.745. The van der Waals surface area contributed by atoms with Crippen molar-refractivity contribution in [2.24, 2.45) is 0 Å². The van der Waals surface area contributed by atoms with E-state index in [9.17, 15) is 4.21 Å². The van der Waals surface area contributed by atoms with Crippen molar-refractivity contribution in [1.29, 1.82) is 0 Å². The summed E-state index contributed by atoms with van der Waals surface area (Å²) in [7, 11) is -1.84. The van der Waals surface area contributed by atoms with Crippen LogP contribution in [0.5, 0.6) is 5.75 Å². The van der Waals surface area contributed by atoms with E-state index in [0.29, 0.717) is 12.1 Å². The minimum atomic E-state index is -1.84. The van der Waals surface area contributed by atoms with Crippen LogP contribution < -0.4 is 4.74 Å². The SMILES string of the molecule is C=S1(=O)CCC(n2ncc3c2CCN(C(C)c2ccc4c(c2)OCC4)C3)CC1. The molecule has 1 atom stereocenters. The van der Waals surface area contributed by atoms with E-state index in [2.05, 4.69) is 46.8 Å². The molecule has 1 saturated heterocycles. The Balaban J connectivity index is 1.31. The van der Waals surface area contributed by atoms with Crippen LogP contribution in [0.15, 0.2) is 24.4 Å². The fourth-order valence-electron chi connectivity index (χ4n) is 4.87. The molecule has 150 valence electrons. The van der Waals surface area contributed by atoms with Crippen LogP contribution in [0.3, 0.4) is 0 Å². The van der Waals surface area contributed by atoms with Gasteiger partial charge < -0.3 is 4.74 Å². The van der Waals surface area contributed by atoms with Gasteiger partial charge in [0.15, 0.2) is 0 Å². The molecule has 4 heterocycles. The van der Waals surface area contributed by atoms with E-state index in [-0.39, 0.29) is 0 Å². The molecule has 1 aromatic heterocycles. The second kappa shape index (κ2) is 6.92. The molecule has 0 saturated carbocycles. The molecule has 3 aliphatic rings. The molecule has 6 heteroatoms. The molecular weight excluding hydrogens is 370 g/mol. The first-order valence-electron chi connectivity index (χ1n) is 10.4. The van der Waals surface area contributed by atoms with Gasteiger partial charge in [-0.2, -0.15) is 5.10 Å². The molecule has 2 aromatic rings. The van der Waals surface area contributed by atoms with Gasteiger partial charge >= 0.3 is 0 Å². The molecule has 5 nitrogen and oxygen atoms in total. The number of aromatic nitrogens is 2. The molecule has 0 spiro atoms. The van der Waals surface area contributed by atoms with Crippen molar-refractivity contribution in [2.45, 2.75) is 51.2 Å². The molecule has 1 aromatic carbocycles. The van der Waals surface area contributed by atoms with E-state index in [1.54, 1.807) is 0 Å².